The molecule has 3 rings (SSSR count). The van der Waals surface area contributed by atoms with Gasteiger partial charge in [-0.1, -0.05) is 11.6 Å². The van der Waals surface area contributed by atoms with Crippen LogP contribution >= 0.6 is 0 Å². The van der Waals surface area contributed by atoms with E-state index in [0.29, 0.717) is 18.4 Å². The second-order valence-electron chi connectivity index (χ2n) is 5.67. The maximum Gasteiger partial charge on any atom is 0.329 e. The van der Waals surface area contributed by atoms with Crippen molar-refractivity contribution in [1.82, 2.24) is 0 Å². The molecular formula is C14H20O5. The number of carboxylic acids is 1. The van der Waals surface area contributed by atoms with Gasteiger partial charge in [-0.05, 0) is 24.7 Å². The number of carboxylic acid groups (broad SMARTS) is 1. The molecule has 5 nitrogen and oxygen atoms in total. The molecule has 0 amide bonds. The van der Waals surface area contributed by atoms with Gasteiger partial charge in [0.2, 0.25) is 0 Å². The maximum absolute atomic E-state index is 10.3. The standard InChI is InChI=1S/C14H20O5/c15-13(16)9-17-2-1-10-5-11-7-14(8-12(11)6-10)18-3-4-19-14/h5,11-12H,1-4,6-9H2,(H,15,16)/t11-,12+/m1/s1. The van der Waals surface area contributed by atoms with Crippen molar-refractivity contribution in [3.05, 3.63) is 11.6 Å². The molecule has 19 heavy (non-hydrogen) atoms. The number of rotatable bonds is 5. The molecular weight excluding hydrogens is 248 g/mol. The molecule has 0 bridgehead atoms. The number of hydrogen-bond donors (Lipinski definition) is 1. The van der Waals surface area contributed by atoms with E-state index in [1.807, 2.05) is 0 Å². The van der Waals surface area contributed by atoms with Crippen LogP contribution in [0.3, 0.4) is 0 Å². The van der Waals surface area contributed by atoms with Crippen LogP contribution in [0.25, 0.3) is 0 Å². The summed E-state index contributed by atoms with van der Waals surface area (Å²) in [7, 11) is 0. The smallest absolute Gasteiger partial charge is 0.329 e. The summed E-state index contributed by atoms with van der Waals surface area (Å²) in [4.78, 5) is 10.3. The predicted octanol–water partition coefficient (Wildman–Crippen LogP) is 1.58. The van der Waals surface area contributed by atoms with Gasteiger partial charge >= 0.3 is 5.97 Å². The van der Waals surface area contributed by atoms with E-state index in [1.54, 1.807) is 0 Å². The number of carbonyl (C=O) groups is 1. The second-order valence-corrected chi connectivity index (χ2v) is 5.67. The monoisotopic (exact) mass is 268 g/mol. The van der Waals surface area contributed by atoms with Gasteiger partial charge in [0.15, 0.2) is 5.79 Å². The fraction of sp³-hybridized carbons (Fsp3) is 0.786. The molecule has 1 spiro atoms. The van der Waals surface area contributed by atoms with E-state index in [-0.39, 0.29) is 12.4 Å². The molecule has 1 saturated heterocycles. The number of allylic oxidation sites excluding steroid dienone is 1. The van der Waals surface area contributed by atoms with Gasteiger partial charge in [0, 0.05) is 12.8 Å². The molecule has 0 unspecified atom stereocenters. The molecule has 2 aliphatic carbocycles. The summed E-state index contributed by atoms with van der Waals surface area (Å²) in [5.74, 6) is -0.00754. The highest BCUT2D eigenvalue weighted by Crippen LogP contribution is 2.51. The highest BCUT2D eigenvalue weighted by atomic mass is 16.7. The van der Waals surface area contributed by atoms with Gasteiger partial charge in [-0.3, -0.25) is 0 Å². The van der Waals surface area contributed by atoms with Gasteiger partial charge in [0.1, 0.15) is 6.61 Å². The topological polar surface area (TPSA) is 65.0 Å². The fourth-order valence-corrected chi connectivity index (χ4v) is 3.57. The van der Waals surface area contributed by atoms with E-state index in [0.717, 1.165) is 38.9 Å². The molecule has 1 aliphatic heterocycles. The Balaban J connectivity index is 1.46. The lowest BCUT2D eigenvalue weighted by Crippen LogP contribution is -2.26. The second kappa shape index (κ2) is 5.23. The van der Waals surface area contributed by atoms with Crippen LogP contribution in [-0.4, -0.2) is 43.3 Å². The molecule has 1 heterocycles. The number of fused-ring (bicyclic) bond motifs is 1. The predicted molar refractivity (Wildman–Crippen MR) is 66.6 cm³/mol. The van der Waals surface area contributed by atoms with E-state index in [4.69, 9.17) is 19.3 Å². The molecule has 0 aromatic rings. The first-order valence-corrected chi connectivity index (χ1v) is 6.94. The minimum Gasteiger partial charge on any atom is -0.480 e. The number of hydrogen-bond acceptors (Lipinski definition) is 4. The van der Waals surface area contributed by atoms with Gasteiger partial charge in [0.25, 0.3) is 0 Å². The fourth-order valence-electron chi connectivity index (χ4n) is 3.57. The zero-order valence-electron chi connectivity index (χ0n) is 11.0. The van der Waals surface area contributed by atoms with Crippen molar-refractivity contribution in [3.8, 4) is 0 Å². The third-order valence-corrected chi connectivity index (χ3v) is 4.31. The third kappa shape index (κ3) is 2.83. The van der Waals surface area contributed by atoms with Gasteiger partial charge in [-0.2, -0.15) is 0 Å². The van der Waals surface area contributed by atoms with Crippen molar-refractivity contribution in [2.24, 2.45) is 11.8 Å². The molecule has 0 aromatic heterocycles. The Morgan fingerprint density at radius 2 is 2.21 bits per heavy atom. The van der Waals surface area contributed by atoms with Crippen LogP contribution in [0.2, 0.25) is 0 Å². The van der Waals surface area contributed by atoms with Crippen LogP contribution in [0, 0.1) is 11.8 Å². The van der Waals surface area contributed by atoms with Crippen molar-refractivity contribution in [2.45, 2.75) is 31.5 Å². The van der Waals surface area contributed by atoms with Crippen LogP contribution in [0.4, 0.5) is 0 Å². The lowest BCUT2D eigenvalue weighted by Gasteiger charge is -2.22. The largest absolute Gasteiger partial charge is 0.480 e. The molecule has 106 valence electrons. The SMILES string of the molecule is O=C(O)COCCC1=C[C@@H]2CC3(C[C@@H]2C1)OCCO3. The summed E-state index contributed by atoms with van der Waals surface area (Å²) < 4.78 is 16.6. The Hall–Kier alpha value is -0.910. The normalized spacial score (nSPS) is 31.7. The van der Waals surface area contributed by atoms with Gasteiger partial charge < -0.3 is 19.3 Å². The van der Waals surface area contributed by atoms with Gasteiger partial charge in [-0.15, -0.1) is 0 Å². The molecule has 0 radical (unpaired) electrons. The Morgan fingerprint density at radius 1 is 1.42 bits per heavy atom. The molecule has 3 aliphatic rings. The van der Waals surface area contributed by atoms with Crippen LogP contribution in [-0.2, 0) is 19.0 Å². The molecule has 1 N–H and O–H groups in total. The lowest BCUT2D eigenvalue weighted by atomic mass is 9.99. The first-order valence-electron chi connectivity index (χ1n) is 6.94. The number of ether oxygens (including phenoxy) is 3. The highest BCUT2D eigenvalue weighted by Gasteiger charge is 2.50. The third-order valence-electron chi connectivity index (χ3n) is 4.31. The van der Waals surface area contributed by atoms with Gasteiger partial charge in [0.05, 0.1) is 19.8 Å². The summed E-state index contributed by atoms with van der Waals surface area (Å²) in [6, 6.07) is 0. The Bertz CT molecular complexity index is 383. The minimum atomic E-state index is -0.908. The Kier molecular flexibility index (Phi) is 3.60. The summed E-state index contributed by atoms with van der Waals surface area (Å²) >= 11 is 0. The van der Waals surface area contributed by atoms with E-state index in [2.05, 4.69) is 6.08 Å². The zero-order valence-corrected chi connectivity index (χ0v) is 11.0. The first-order chi connectivity index (χ1) is 9.17. The summed E-state index contributed by atoms with van der Waals surface area (Å²) in [5, 5.41) is 8.49. The average Bonchev–Trinajstić information content (AvgIpc) is 3.01. The van der Waals surface area contributed by atoms with Crippen molar-refractivity contribution >= 4 is 5.97 Å². The first kappa shape index (κ1) is 13.1. The molecule has 1 saturated carbocycles. The summed E-state index contributed by atoms with van der Waals surface area (Å²) in [5.41, 5.74) is 1.40. The lowest BCUT2D eigenvalue weighted by molar-refractivity contribution is -0.154. The van der Waals surface area contributed by atoms with E-state index in [9.17, 15) is 4.79 Å². The van der Waals surface area contributed by atoms with Crippen molar-refractivity contribution < 1.29 is 24.1 Å². The van der Waals surface area contributed by atoms with E-state index in [1.165, 1.54) is 5.57 Å². The minimum absolute atomic E-state index is 0.203. The Labute approximate surface area is 112 Å². The zero-order chi connectivity index (χ0) is 13.3. The summed E-state index contributed by atoms with van der Waals surface area (Å²) in [6.45, 7) is 1.73. The quantitative estimate of drug-likeness (QED) is 0.605. The van der Waals surface area contributed by atoms with E-state index >= 15 is 0 Å². The number of aliphatic carboxylic acids is 1. The molecule has 0 aromatic carbocycles. The molecule has 2 fully saturated rings. The Morgan fingerprint density at radius 3 is 2.89 bits per heavy atom. The molecule has 2 atom stereocenters. The maximum atomic E-state index is 10.3. The van der Waals surface area contributed by atoms with Crippen molar-refractivity contribution in [2.75, 3.05) is 26.4 Å². The van der Waals surface area contributed by atoms with Crippen LogP contribution in [0.15, 0.2) is 11.6 Å². The summed E-state index contributed by atoms with van der Waals surface area (Å²) in [6.07, 6.45) is 6.21. The highest BCUT2D eigenvalue weighted by molar-refractivity contribution is 5.67. The van der Waals surface area contributed by atoms with Crippen LogP contribution in [0.5, 0.6) is 0 Å². The average molecular weight is 268 g/mol. The molecule has 5 heteroatoms. The van der Waals surface area contributed by atoms with Crippen molar-refractivity contribution in [1.29, 1.82) is 0 Å². The van der Waals surface area contributed by atoms with Crippen molar-refractivity contribution in [3.63, 3.8) is 0 Å². The van der Waals surface area contributed by atoms with Gasteiger partial charge in [-0.25, -0.2) is 4.79 Å². The van der Waals surface area contributed by atoms with E-state index < -0.39 is 5.97 Å². The van der Waals surface area contributed by atoms with Crippen LogP contribution < -0.4 is 0 Å². The van der Waals surface area contributed by atoms with Crippen LogP contribution in [0.1, 0.15) is 25.7 Å².